The first-order chi connectivity index (χ1) is 7.15. The molecule has 0 aliphatic rings. The fourth-order valence-corrected chi connectivity index (χ4v) is 2.57. The lowest BCUT2D eigenvalue weighted by molar-refractivity contribution is -0.597. The van der Waals surface area contributed by atoms with Crippen molar-refractivity contribution < 1.29 is 8.96 Å². The molecule has 0 radical (unpaired) electrons. The molecular weight excluding hydrogens is 325 g/mol. The molecule has 0 saturated carbocycles. The first-order valence-corrected chi connectivity index (χ1v) is 5.87. The highest BCUT2D eigenvalue weighted by molar-refractivity contribution is 9.11. The summed E-state index contributed by atoms with van der Waals surface area (Å²) in [6.07, 6.45) is 3.24. The zero-order valence-electron chi connectivity index (χ0n) is 7.62. The number of rotatable bonds is 1. The van der Waals surface area contributed by atoms with Gasteiger partial charge < -0.3 is 0 Å². The van der Waals surface area contributed by atoms with Crippen molar-refractivity contribution in [2.24, 2.45) is 0 Å². The summed E-state index contributed by atoms with van der Waals surface area (Å²) in [6, 6.07) is 8.87. The Morgan fingerprint density at radius 2 is 1.73 bits per heavy atom. The van der Waals surface area contributed by atoms with Gasteiger partial charge in [0.25, 0.3) is 0 Å². The number of hydrogen-bond donors (Lipinski definition) is 0. The Balaban J connectivity index is 2.54. The Kier molecular flexibility index (Phi) is 3.17. The molecule has 0 aliphatic carbocycles. The molecule has 0 aliphatic heterocycles. The monoisotopic (exact) mass is 330 g/mol. The van der Waals surface area contributed by atoms with Gasteiger partial charge in [0, 0.05) is 27.1 Å². The highest BCUT2D eigenvalue weighted by atomic mass is 79.9. The second kappa shape index (κ2) is 4.41. The van der Waals surface area contributed by atoms with E-state index in [4.69, 9.17) is 0 Å². The Morgan fingerprint density at radius 3 is 2.33 bits per heavy atom. The summed E-state index contributed by atoms with van der Waals surface area (Å²) in [5.41, 5.74) is 0.899. The average molecular weight is 332 g/mol. The predicted molar refractivity (Wildman–Crippen MR) is 63.3 cm³/mol. The minimum Gasteiger partial charge on any atom is -0.200 e. The SMILES string of the molecule is Fc1ccc[n+](-c2cc(Br)cc(Br)c2)c1. The van der Waals surface area contributed by atoms with Crippen LogP contribution in [0.15, 0.2) is 51.7 Å². The minimum absolute atomic E-state index is 0.256. The van der Waals surface area contributed by atoms with Gasteiger partial charge in [0.15, 0.2) is 12.0 Å². The van der Waals surface area contributed by atoms with Crippen molar-refractivity contribution in [3.63, 3.8) is 0 Å². The topological polar surface area (TPSA) is 3.88 Å². The average Bonchev–Trinajstić information content (AvgIpc) is 2.16. The van der Waals surface area contributed by atoms with Crippen LogP contribution in [0.5, 0.6) is 0 Å². The van der Waals surface area contributed by atoms with Crippen LogP contribution in [0.1, 0.15) is 0 Å². The first kappa shape index (κ1) is 10.8. The quantitative estimate of drug-likeness (QED) is 0.703. The molecule has 0 spiro atoms. The van der Waals surface area contributed by atoms with Crippen LogP contribution in [0.4, 0.5) is 4.39 Å². The molecule has 76 valence electrons. The summed E-state index contributed by atoms with van der Waals surface area (Å²) >= 11 is 6.78. The van der Waals surface area contributed by atoms with Crippen molar-refractivity contribution in [1.82, 2.24) is 0 Å². The fourth-order valence-electron chi connectivity index (χ4n) is 1.30. The van der Waals surface area contributed by atoms with Crippen molar-refractivity contribution in [1.29, 1.82) is 0 Å². The van der Waals surface area contributed by atoms with Crippen LogP contribution in [0, 0.1) is 5.82 Å². The number of nitrogens with zero attached hydrogens (tertiary/aromatic N) is 1. The molecule has 1 aromatic carbocycles. The van der Waals surface area contributed by atoms with Gasteiger partial charge in [0.2, 0.25) is 11.9 Å². The summed E-state index contributed by atoms with van der Waals surface area (Å²) in [5, 5.41) is 0. The van der Waals surface area contributed by atoms with E-state index < -0.39 is 0 Å². The number of pyridine rings is 1. The van der Waals surface area contributed by atoms with E-state index in [2.05, 4.69) is 31.9 Å². The zero-order valence-corrected chi connectivity index (χ0v) is 10.8. The molecule has 0 N–H and O–H groups in total. The van der Waals surface area contributed by atoms with E-state index in [-0.39, 0.29) is 5.82 Å². The number of hydrogen-bond acceptors (Lipinski definition) is 0. The van der Waals surface area contributed by atoms with E-state index in [1.165, 1.54) is 12.3 Å². The molecule has 0 unspecified atom stereocenters. The lowest BCUT2D eigenvalue weighted by atomic mass is 10.3. The Labute approximate surface area is 104 Å². The molecule has 2 rings (SSSR count). The highest BCUT2D eigenvalue weighted by Gasteiger charge is 2.08. The van der Waals surface area contributed by atoms with Gasteiger partial charge in [-0.2, -0.15) is 4.57 Å². The summed E-state index contributed by atoms with van der Waals surface area (Å²) < 4.78 is 16.6. The molecule has 0 fully saturated rings. The van der Waals surface area contributed by atoms with Crippen LogP contribution in [0.25, 0.3) is 5.69 Å². The second-order valence-corrected chi connectivity index (χ2v) is 4.89. The molecule has 0 saturated heterocycles. The molecular formula is C11H7Br2FN+. The normalized spacial score (nSPS) is 10.3. The third-order valence-corrected chi connectivity index (χ3v) is 2.83. The molecule has 1 aromatic heterocycles. The molecule has 0 bridgehead atoms. The summed E-state index contributed by atoms with van der Waals surface area (Å²) in [5.74, 6) is -0.256. The van der Waals surface area contributed by atoms with E-state index in [1.54, 1.807) is 16.8 Å². The molecule has 1 heterocycles. The molecule has 4 heteroatoms. The van der Waals surface area contributed by atoms with Crippen LogP contribution >= 0.6 is 31.9 Å². The zero-order chi connectivity index (χ0) is 10.8. The van der Waals surface area contributed by atoms with Crippen molar-refractivity contribution in [3.8, 4) is 5.69 Å². The maximum atomic E-state index is 13.0. The first-order valence-electron chi connectivity index (χ1n) is 4.28. The number of aromatic nitrogens is 1. The van der Waals surface area contributed by atoms with Crippen LogP contribution < -0.4 is 4.57 Å². The van der Waals surface area contributed by atoms with Gasteiger partial charge in [-0.1, -0.05) is 31.9 Å². The molecule has 2 aromatic rings. The molecule has 0 atom stereocenters. The summed E-state index contributed by atoms with van der Waals surface area (Å²) in [6.45, 7) is 0. The smallest absolute Gasteiger partial charge is 0.200 e. The van der Waals surface area contributed by atoms with Crippen LogP contribution in [-0.4, -0.2) is 0 Å². The van der Waals surface area contributed by atoms with Crippen molar-refractivity contribution in [2.45, 2.75) is 0 Å². The predicted octanol–water partition coefficient (Wildman–Crippen LogP) is 3.63. The molecule has 0 amide bonds. The van der Waals surface area contributed by atoms with Gasteiger partial charge >= 0.3 is 0 Å². The third-order valence-electron chi connectivity index (χ3n) is 1.91. The van der Waals surface area contributed by atoms with E-state index in [9.17, 15) is 4.39 Å². The van der Waals surface area contributed by atoms with Gasteiger partial charge in [0.1, 0.15) is 0 Å². The number of halogens is 3. The highest BCUT2D eigenvalue weighted by Crippen LogP contribution is 2.19. The lowest BCUT2D eigenvalue weighted by Gasteiger charge is -1.98. The van der Waals surface area contributed by atoms with Gasteiger partial charge in [-0.25, -0.2) is 4.39 Å². The lowest BCUT2D eigenvalue weighted by Crippen LogP contribution is -2.29. The molecule has 1 nitrogen and oxygen atoms in total. The van der Waals surface area contributed by atoms with Gasteiger partial charge in [0.05, 0.1) is 0 Å². The maximum absolute atomic E-state index is 13.0. The Bertz CT molecular complexity index is 479. The second-order valence-electron chi connectivity index (χ2n) is 3.06. The Hall–Kier alpha value is -0.740. The van der Waals surface area contributed by atoms with Gasteiger partial charge in [-0.3, -0.25) is 0 Å². The standard InChI is InChI=1S/C11H7Br2FN/c12-8-4-9(13)6-11(5-8)15-3-1-2-10(14)7-15/h1-7H/q+1. The maximum Gasteiger partial charge on any atom is 0.212 e. The van der Waals surface area contributed by atoms with E-state index >= 15 is 0 Å². The van der Waals surface area contributed by atoms with E-state index in [1.807, 2.05) is 18.2 Å². The van der Waals surface area contributed by atoms with E-state index in [0.29, 0.717) is 0 Å². The third kappa shape index (κ3) is 2.63. The van der Waals surface area contributed by atoms with Crippen molar-refractivity contribution >= 4 is 31.9 Å². The summed E-state index contributed by atoms with van der Waals surface area (Å²) in [7, 11) is 0. The van der Waals surface area contributed by atoms with Crippen LogP contribution in [0.2, 0.25) is 0 Å². The Morgan fingerprint density at radius 1 is 1.07 bits per heavy atom. The van der Waals surface area contributed by atoms with Gasteiger partial charge in [-0.05, 0) is 12.1 Å². The molecule has 15 heavy (non-hydrogen) atoms. The minimum atomic E-state index is -0.256. The van der Waals surface area contributed by atoms with Crippen LogP contribution in [0.3, 0.4) is 0 Å². The van der Waals surface area contributed by atoms with Crippen molar-refractivity contribution in [2.75, 3.05) is 0 Å². The largest absolute Gasteiger partial charge is 0.212 e. The number of benzene rings is 1. The van der Waals surface area contributed by atoms with E-state index in [0.717, 1.165) is 14.6 Å². The fraction of sp³-hybridized carbons (Fsp3) is 0. The van der Waals surface area contributed by atoms with Crippen molar-refractivity contribution in [3.05, 3.63) is 57.5 Å². The van der Waals surface area contributed by atoms with Crippen LogP contribution in [-0.2, 0) is 0 Å². The van der Waals surface area contributed by atoms with Gasteiger partial charge in [-0.15, -0.1) is 0 Å². The summed E-state index contributed by atoms with van der Waals surface area (Å²) in [4.78, 5) is 0.